The topological polar surface area (TPSA) is 237 Å². The van der Waals surface area contributed by atoms with E-state index in [-0.39, 0.29) is 0 Å². The summed E-state index contributed by atoms with van der Waals surface area (Å²) in [6.07, 6.45) is 1.72. The second-order valence-electron chi connectivity index (χ2n) is 18.8. The average molecular weight is 1020 g/mol. The average Bonchev–Trinajstić information content (AvgIpc) is 4.12. The van der Waals surface area contributed by atoms with Crippen molar-refractivity contribution in [3.63, 3.8) is 0 Å². The van der Waals surface area contributed by atoms with Crippen molar-refractivity contribution in [3.8, 4) is 122 Å². The predicted molar refractivity (Wildman–Crippen MR) is 303 cm³/mol. The maximum absolute atomic E-state index is 10.4. The molecule has 12 nitrogen and oxygen atoms in total. The van der Waals surface area contributed by atoms with Crippen LogP contribution in [0.5, 0.6) is 0 Å². The summed E-state index contributed by atoms with van der Waals surface area (Å²) in [4.78, 5) is 4.98. The van der Waals surface area contributed by atoms with E-state index in [4.69, 9.17) is 4.98 Å². The summed E-state index contributed by atoms with van der Waals surface area (Å²) in [7, 11) is 0. The van der Waals surface area contributed by atoms with Gasteiger partial charge in [-0.15, -0.1) is 0 Å². The van der Waals surface area contributed by atoms with Gasteiger partial charge in [0, 0.05) is 39.0 Å². The van der Waals surface area contributed by atoms with Crippen LogP contribution in [0.15, 0.2) is 182 Å². The van der Waals surface area contributed by atoms with Gasteiger partial charge in [0.15, 0.2) is 0 Å². The number of aromatic nitrogens is 3. The van der Waals surface area contributed by atoms with Gasteiger partial charge in [0.2, 0.25) is 0 Å². The van der Waals surface area contributed by atoms with Crippen molar-refractivity contribution in [2.75, 3.05) is 0 Å². The molecular weight excluding hydrogens is 985 g/mol. The van der Waals surface area contributed by atoms with E-state index in [1.807, 2.05) is 97.1 Å². The molecule has 12 rings (SSSR count). The van der Waals surface area contributed by atoms with Crippen molar-refractivity contribution in [1.82, 2.24) is 14.1 Å². The van der Waals surface area contributed by atoms with E-state index in [9.17, 15) is 47.4 Å². The summed E-state index contributed by atoms with van der Waals surface area (Å²) in [6.45, 7) is 0. The minimum atomic E-state index is 0.340. The zero-order chi connectivity index (χ0) is 55.2. The highest BCUT2D eigenvalue weighted by Crippen LogP contribution is 2.43. The van der Waals surface area contributed by atoms with Crippen LogP contribution >= 0.6 is 0 Å². The number of nitriles is 9. The van der Waals surface area contributed by atoms with Gasteiger partial charge >= 0.3 is 0 Å². The van der Waals surface area contributed by atoms with E-state index < -0.39 is 0 Å². The van der Waals surface area contributed by atoms with Gasteiger partial charge in [-0.1, -0.05) is 48.5 Å². The standard InChI is InChI=1S/C68H30N12/c69-31-40-1-10-54(49(21-40)36-74)45-6-15-64-58(26-45)59-27-46(55-11-2-41(32-70)22-50(55)37-75)7-16-65(59)79(64)53-19-20-78-63(30-53)62-25-44(35-73)5-14-68(62)80-66-17-8-47(56-12-3-42(33-71)23-51(56)38-76)28-60(66)61-29-48(9-18-67(61)80)57-13-4-43(34-72)24-52(57)39-77/h1-30H. The van der Waals surface area contributed by atoms with E-state index >= 15 is 0 Å². The number of pyridine rings is 1. The molecule has 0 fully saturated rings. The third kappa shape index (κ3) is 7.90. The van der Waals surface area contributed by atoms with Gasteiger partial charge in [-0.3, -0.25) is 4.98 Å². The Morgan fingerprint density at radius 1 is 0.275 bits per heavy atom. The van der Waals surface area contributed by atoms with Crippen molar-refractivity contribution in [2.24, 2.45) is 0 Å². The Kier molecular flexibility index (Phi) is 11.7. The molecule has 0 unspecified atom stereocenters. The SMILES string of the molecule is N#Cc1ccc(-c2ccc3c(c2)c2cc(-c4ccc(C#N)cc4C#N)ccc2n3-c2ccnc(-c3cc(C#N)ccc3-n3c4ccc(-c5ccc(C#N)cc5C#N)cc4c4cc(-c5ccc(C#N)cc5C#N)ccc43)c2)c(C#N)c1. The molecule has 0 saturated heterocycles. The lowest BCUT2D eigenvalue weighted by atomic mass is 9.95. The Morgan fingerprint density at radius 2 is 0.600 bits per heavy atom. The maximum Gasteiger partial charge on any atom is 0.0998 e. The molecular formula is C68H30N12. The van der Waals surface area contributed by atoms with Gasteiger partial charge in [0.25, 0.3) is 0 Å². The fraction of sp³-hybridized carbons (Fsp3) is 0. The first-order chi connectivity index (χ1) is 39.2. The molecule has 0 spiro atoms. The molecule has 0 aliphatic carbocycles. The highest BCUT2D eigenvalue weighted by molar-refractivity contribution is 6.13. The first kappa shape index (κ1) is 48.1. The fourth-order valence-electron chi connectivity index (χ4n) is 10.8. The molecule has 362 valence electrons. The van der Waals surface area contributed by atoms with E-state index in [1.165, 1.54) is 0 Å². The van der Waals surface area contributed by atoms with Crippen LogP contribution in [-0.4, -0.2) is 14.1 Å². The van der Waals surface area contributed by atoms with Crippen molar-refractivity contribution in [3.05, 3.63) is 232 Å². The van der Waals surface area contributed by atoms with E-state index in [0.29, 0.717) is 89.3 Å². The number of rotatable bonds is 7. The summed E-state index contributed by atoms with van der Waals surface area (Å²) >= 11 is 0. The normalized spacial score (nSPS) is 10.6. The third-order valence-corrected chi connectivity index (χ3v) is 14.5. The van der Waals surface area contributed by atoms with Gasteiger partial charge in [-0.05, 0) is 172 Å². The molecule has 3 heterocycles. The van der Waals surface area contributed by atoms with Gasteiger partial charge in [-0.2, -0.15) is 47.4 Å². The molecule has 0 N–H and O–H groups in total. The molecule has 0 atom stereocenters. The van der Waals surface area contributed by atoms with Crippen LogP contribution in [0.4, 0.5) is 0 Å². The Labute approximate surface area is 456 Å². The minimum absolute atomic E-state index is 0.340. The monoisotopic (exact) mass is 1010 g/mol. The van der Waals surface area contributed by atoms with E-state index in [0.717, 1.165) is 71.6 Å². The first-order valence-corrected chi connectivity index (χ1v) is 24.7. The molecule has 0 radical (unpaired) electrons. The lowest BCUT2D eigenvalue weighted by Gasteiger charge is -2.16. The first-order valence-electron chi connectivity index (χ1n) is 24.7. The van der Waals surface area contributed by atoms with E-state index in [1.54, 1.807) is 85.1 Å². The van der Waals surface area contributed by atoms with Crippen molar-refractivity contribution in [1.29, 1.82) is 47.4 Å². The van der Waals surface area contributed by atoms with Gasteiger partial charge < -0.3 is 9.13 Å². The highest BCUT2D eigenvalue weighted by Gasteiger charge is 2.22. The molecule has 0 amide bonds. The zero-order valence-corrected chi connectivity index (χ0v) is 41.7. The summed E-state index contributed by atoms with van der Waals surface area (Å²) in [5.74, 6) is 0. The van der Waals surface area contributed by atoms with Gasteiger partial charge in [-0.25, -0.2) is 0 Å². The van der Waals surface area contributed by atoms with Crippen molar-refractivity contribution < 1.29 is 0 Å². The largest absolute Gasteiger partial charge is 0.309 e. The quantitative estimate of drug-likeness (QED) is 0.146. The van der Waals surface area contributed by atoms with E-state index in [2.05, 4.69) is 63.8 Å². The smallest absolute Gasteiger partial charge is 0.0998 e. The van der Waals surface area contributed by atoms with Crippen molar-refractivity contribution in [2.45, 2.75) is 0 Å². The van der Waals surface area contributed by atoms with Crippen LogP contribution in [0.1, 0.15) is 50.1 Å². The molecule has 80 heavy (non-hydrogen) atoms. The molecule has 12 heteroatoms. The summed E-state index contributed by atoms with van der Waals surface area (Å²) < 4.78 is 4.23. The number of benzene rings is 9. The molecule has 0 saturated carbocycles. The van der Waals surface area contributed by atoms with Gasteiger partial charge in [0.05, 0.1) is 138 Å². The van der Waals surface area contributed by atoms with Crippen LogP contribution in [0, 0.1) is 102 Å². The molecule has 0 bridgehead atoms. The summed E-state index contributed by atoms with van der Waals surface area (Å²) in [5.41, 5.74) is 14.6. The lowest BCUT2D eigenvalue weighted by molar-refractivity contribution is 1.14. The van der Waals surface area contributed by atoms with Crippen LogP contribution < -0.4 is 0 Å². The summed E-state index contributed by atoms with van der Waals surface area (Å²) in [5, 5.41) is 93.3. The lowest BCUT2D eigenvalue weighted by Crippen LogP contribution is -2.01. The number of nitrogens with zero attached hydrogens (tertiary/aromatic N) is 12. The van der Waals surface area contributed by atoms with Crippen molar-refractivity contribution >= 4 is 43.6 Å². The predicted octanol–water partition coefficient (Wildman–Crippen LogP) is 14.5. The number of fused-ring (bicyclic) bond motifs is 6. The number of hydrogen-bond acceptors (Lipinski definition) is 10. The Hall–Kier alpha value is -12.9. The Balaban J connectivity index is 1.08. The highest BCUT2D eigenvalue weighted by atomic mass is 15.0. The number of hydrogen-bond donors (Lipinski definition) is 0. The minimum Gasteiger partial charge on any atom is -0.309 e. The summed E-state index contributed by atoms with van der Waals surface area (Å²) in [6, 6.07) is 73.0. The van der Waals surface area contributed by atoms with Crippen LogP contribution in [-0.2, 0) is 0 Å². The maximum atomic E-state index is 10.4. The van der Waals surface area contributed by atoms with Gasteiger partial charge in [0.1, 0.15) is 0 Å². The molecule has 3 aromatic heterocycles. The fourth-order valence-corrected chi connectivity index (χ4v) is 10.8. The second-order valence-corrected chi connectivity index (χ2v) is 18.8. The Morgan fingerprint density at radius 3 is 0.938 bits per heavy atom. The molecule has 0 aliphatic heterocycles. The van der Waals surface area contributed by atoms with Crippen LogP contribution in [0.25, 0.3) is 111 Å². The Bertz CT molecular complexity index is 4880. The second kappa shape index (κ2) is 19.4. The zero-order valence-electron chi connectivity index (χ0n) is 41.7. The molecule has 0 aliphatic rings. The van der Waals surface area contributed by atoms with Crippen LogP contribution in [0.3, 0.4) is 0 Å². The molecule has 12 aromatic rings. The third-order valence-electron chi connectivity index (χ3n) is 14.5. The molecule has 9 aromatic carbocycles. The van der Waals surface area contributed by atoms with Crippen LogP contribution in [0.2, 0.25) is 0 Å².